The molecule has 9 nitrogen and oxygen atoms in total. The Balaban J connectivity index is 1.66. The number of carbonyl (C=O) groups excluding carboxylic acids is 1. The lowest BCUT2D eigenvalue weighted by Crippen LogP contribution is -2.54. The number of ether oxygens (including phenoxy) is 1. The minimum atomic E-state index is -0.513. The maximum Gasteiger partial charge on any atom is 0.410 e. The van der Waals surface area contributed by atoms with Crippen LogP contribution in [-0.2, 0) is 11.8 Å². The molecular formula is C20H27BrN6O3. The molecule has 0 bridgehead atoms. The molecule has 30 heavy (non-hydrogen) atoms. The second-order valence-corrected chi connectivity index (χ2v) is 9.26. The fraction of sp³-hybridized carbons (Fsp3) is 0.500. The summed E-state index contributed by atoms with van der Waals surface area (Å²) in [5.41, 5.74) is -0.259. The summed E-state index contributed by atoms with van der Waals surface area (Å²) in [6.07, 6.45) is 4.67. The number of nitrogens with zero attached hydrogens (tertiary/aromatic N) is 5. The Labute approximate surface area is 184 Å². The third kappa shape index (κ3) is 5.29. The first-order valence-electron chi connectivity index (χ1n) is 9.73. The molecule has 1 aliphatic rings. The molecule has 1 fully saturated rings. The Bertz CT molecular complexity index is 970. The highest BCUT2D eigenvalue weighted by molar-refractivity contribution is 9.10. The molecule has 1 saturated heterocycles. The van der Waals surface area contributed by atoms with Crippen molar-refractivity contribution >= 4 is 39.3 Å². The molecule has 3 rings (SSSR count). The summed E-state index contributed by atoms with van der Waals surface area (Å²) in [6.45, 7) is 9.35. The van der Waals surface area contributed by atoms with Crippen LogP contribution in [0.25, 0.3) is 0 Å². The molecule has 0 spiro atoms. The predicted molar refractivity (Wildman–Crippen MR) is 119 cm³/mol. The first kappa shape index (κ1) is 22.1. The lowest BCUT2D eigenvalue weighted by Gasteiger charge is -2.40. The lowest BCUT2D eigenvalue weighted by atomic mass is 10.2. The third-order valence-corrected chi connectivity index (χ3v) is 5.06. The summed E-state index contributed by atoms with van der Waals surface area (Å²) in [7, 11) is 1.69. The molecule has 1 atom stereocenters. The van der Waals surface area contributed by atoms with Gasteiger partial charge in [0.25, 0.3) is 5.56 Å². The maximum atomic E-state index is 12.3. The van der Waals surface area contributed by atoms with Gasteiger partial charge in [-0.3, -0.25) is 4.79 Å². The van der Waals surface area contributed by atoms with Gasteiger partial charge in [0.15, 0.2) is 0 Å². The highest BCUT2D eigenvalue weighted by atomic mass is 79.9. The monoisotopic (exact) mass is 478 g/mol. The molecule has 1 amide bonds. The summed E-state index contributed by atoms with van der Waals surface area (Å²) < 4.78 is 7.74. The van der Waals surface area contributed by atoms with E-state index in [-0.39, 0.29) is 17.7 Å². The molecule has 2 aromatic heterocycles. The van der Waals surface area contributed by atoms with Gasteiger partial charge in [-0.25, -0.2) is 14.8 Å². The van der Waals surface area contributed by atoms with E-state index in [0.29, 0.717) is 31.1 Å². The number of piperazine rings is 1. The fourth-order valence-electron chi connectivity index (χ4n) is 3.22. The number of halogens is 1. The number of nitrogens with one attached hydrogen (secondary N) is 1. The van der Waals surface area contributed by atoms with Crippen molar-refractivity contribution < 1.29 is 9.53 Å². The number of pyridine rings is 1. The summed E-state index contributed by atoms with van der Waals surface area (Å²) >= 11 is 3.38. The molecule has 0 aliphatic carbocycles. The number of hydrogen-bond acceptors (Lipinski definition) is 7. The van der Waals surface area contributed by atoms with Gasteiger partial charge in [-0.15, -0.1) is 0 Å². The molecule has 162 valence electrons. The Morgan fingerprint density at radius 3 is 2.60 bits per heavy atom. The van der Waals surface area contributed by atoms with Crippen LogP contribution in [0.3, 0.4) is 0 Å². The van der Waals surface area contributed by atoms with E-state index in [4.69, 9.17) is 4.74 Å². The summed E-state index contributed by atoms with van der Waals surface area (Å²) in [6, 6.07) is 1.77. The van der Waals surface area contributed by atoms with E-state index >= 15 is 0 Å². The zero-order valence-corrected chi connectivity index (χ0v) is 19.4. The number of rotatable bonds is 3. The number of aryl methyl sites for hydroxylation is 1. The first-order valence-corrected chi connectivity index (χ1v) is 10.5. The van der Waals surface area contributed by atoms with Crippen LogP contribution < -0.4 is 15.8 Å². The minimum Gasteiger partial charge on any atom is -0.444 e. The zero-order chi connectivity index (χ0) is 22.1. The van der Waals surface area contributed by atoms with Crippen LogP contribution in [0.5, 0.6) is 0 Å². The van der Waals surface area contributed by atoms with Crippen molar-refractivity contribution in [2.45, 2.75) is 39.3 Å². The van der Waals surface area contributed by atoms with E-state index in [1.807, 2.05) is 27.7 Å². The minimum absolute atomic E-state index is 0.0664. The van der Waals surface area contributed by atoms with E-state index in [1.165, 1.54) is 4.57 Å². The Morgan fingerprint density at radius 1 is 1.27 bits per heavy atom. The van der Waals surface area contributed by atoms with Gasteiger partial charge in [0, 0.05) is 43.4 Å². The number of carbonyl (C=O) groups is 1. The van der Waals surface area contributed by atoms with Crippen molar-refractivity contribution in [1.82, 2.24) is 19.4 Å². The molecular weight excluding hydrogens is 452 g/mol. The molecule has 0 radical (unpaired) electrons. The van der Waals surface area contributed by atoms with E-state index in [1.54, 1.807) is 36.6 Å². The molecule has 0 aromatic carbocycles. The zero-order valence-electron chi connectivity index (χ0n) is 17.8. The first-order chi connectivity index (χ1) is 14.0. The summed E-state index contributed by atoms with van der Waals surface area (Å²) in [5, 5.41) is 3.01. The van der Waals surface area contributed by atoms with Crippen LogP contribution in [0.2, 0.25) is 0 Å². The largest absolute Gasteiger partial charge is 0.444 e. The highest BCUT2D eigenvalue weighted by Crippen LogP contribution is 2.21. The fourth-order valence-corrected chi connectivity index (χ4v) is 3.76. The van der Waals surface area contributed by atoms with Crippen molar-refractivity contribution in [1.29, 1.82) is 0 Å². The average molecular weight is 479 g/mol. The van der Waals surface area contributed by atoms with E-state index in [0.717, 1.165) is 10.3 Å². The normalized spacial score (nSPS) is 17.1. The van der Waals surface area contributed by atoms with Crippen molar-refractivity contribution in [2.75, 3.05) is 29.9 Å². The third-order valence-electron chi connectivity index (χ3n) is 4.62. The summed E-state index contributed by atoms with van der Waals surface area (Å²) in [4.78, 5) is 37.3. The summed E-state index contributed by atoms with van der Waals surface area (Å²) in [5.74, 6) is 1.20. The quantitative estimate of drug-likeness (QED) is 0.723. The average Bonchev–Trinajstić information content (AvgIpc) is 2.65. The van der Waals surface area contributed by atoms with Crippen LogP contribution in [0.4, 0.5) is 22.1 Å². The molecule has 3 heterocycles. The van der Waals surface area contributed by atoms with Crippen LogP contribution in [-0.4, -0.2) is 56.8 Å². The number of amides is 1. The van der Waals surface area contributed by atoms with Crippen LogP contribution in [0.1, 0.15) is 27.7 Å². The standard InChI is InChI=1S/C20H27BrN6O3/c1-13-11-26(19(29)30-20(2,3)4)6-7-27(13)17-10-22-16(9-23-17)24-15-8-14(21)12-25(5)18(15)28/h8-10,12-13H,6-7,11H2,1-5H3,(H,22,24)/t13-/m0/s1. The molecule has 0 unspecified atom stereocenters. The molecule has 1 aliphatic heterocycles. The van der Waals surface area contributed by atoms with Crippen molar-refractivity contribution in [2.24, 2.45) is 7.05 Å². The van der Waals surface area contributed by atoms with Gasteiger partial charge in [-0.2, -0.15) is 0 Å². The van der Waals surface area contributed by atoms with Gasteiger partial charge >= 0.3 is 6.09 Å². The lowest BCUT2D eigenvalue weighted by molar-refractivity contribution is 0.0218. The van der Waals surface area contributed by atoms with Gasteiger partial charge in [-0.1, -0.05) is 0 Å². The Kier molecular flexibility index (Phi) is 6.35. The predicted octanol–water partition coefficient (Wildman–Crippen LogP) is 3.13. The Hall–Kier alpha value is -2.62. The van der Waals surface area contributed by atoms with Crippen LogP contribution in [0.15, 0.2) is 33.9 Å². The topological polar surface area (TPSA) is 92.6 Å². The molecule has 0 saturated carbocycles. The van der Waals surface area contributed by atoms with E-state index in [9.17, 15) is 9.59 Å². The van der Waals surface area contributed by atoms with Crippen LogP contribution >= 0.6 is 15.9 Å². The number of hydrogen-bond donors (Lipinski definition) is 1. The van der Waals surface area contributed by atoms with Gasteiger partial charge in [0.1, 0.15) is 22.9 Å². The SMILES string of the molecule is C[C@H]1CN(C(=O)OC(C)(C)C)CCN1c1cnc(Nc2cc(Br)cn(C)c2=O)cn1. The second-order valence-electron chi connectivity index (χ2n) is 8.34. The number of anilines is 3. The molecule has 10 heteroatoms. The van der Waals surface area contributed by atoms with E-state index in [2.05, 4.69) is 36.1 Å². The van der Waals surface area contributed by atoms with Gasteiger partial charge in [0.05, 0.1) is 12.4 Å². The molecule has 2 aromatic rings. The highest BCUT2D eigenvalue weighted by Gasteiger charge is 2.30. The smallest absolute Gasteiger partial charge is 0.410 e. The Morgan fingerprint density at radius 2 is 2.00 bits per heavy atom. The van der Waals surface area contributed by atoms with Gasteiger partial charge in [0.2, 0.25) is 0 Å². The maximum absolute atomic E-state index is 12.3. The van der Waals surface area contributed by atoms with Crippen molar-refractivity contribution in [3.05, 3.63) is 39.5 Å². The van der Waals surface area contributed by atoms with Crippen LogP contribution in [0, 0.1) is 0 Å². The second kappa shape index (κ2) is 8.63. The van der Waals surface area contributed by atoms with Crippen molar-refractivity contribution in [3.63, 3.8) is 0 Å². The van der Waals surface area contributed by atoms with Crippen molar-refractivity contribution in [3.8, 4) is 0 Å². The number of aromatic nitrogens is 3. The van der Waals surface area contributed by atoms with Gasteiger partial charge in [-0.05, 0) is 49.7 Å². The van der Waals surface area contributed by atoms with E-state index < -0.39 is 5.60 Å². The van der Waals surface area contributed by atoms with Gasteiger partial charge < -0.3 is 24.4 Å². The molecule has 1 N–H and O–H groups in total.